The Morgan fingerprint density at radius 3 is 2.65 bits per heavy atom. The van der Waals surface area contributed by atoms with Gasteiger partial charge in [0.1, 0.15) is 5.01 Å². The molecule has 0 amide bonds. The molecule has 0 spiro atoms. The minimum Gasteiger partial charge on any atom is -0.398 e. The van der Waals surface area contributed by atoms with E-state index in [9.17, 15) is 0 Å². The molecule has 0 saturated heterocycles. The Morgan fingerprint density at radius 2 is 1.90 bits per heavy atom. The summed E-state index contributed by atoms with van der Waals surface area (Å²) in [7, 11) is 0. The number of hydrogen-bond acceptors (Lipinski definition) is 3. The molecule has 3 rings (SSSR count). The first kappa shape index (κ1) is 13.3. The van der Waals surface area contributed by atoms with Gasteiger partial charge in [-0.1, -0.05) is 40.2 Å². The monoisotopic (exact) mass is 344 g/mol. The van der Waals surface area contributed by atoms with E-state index in [0.717, 1.165) is 32.0 Å². The Kier molecular flexibility index (Phi) is 3.59. The van der Waals surface area contributed by atoms with Crippen LogP contribution in [-0.2, 0) is 0 Å². The zero-order chi connectivity index (χ0) is 14.1. The third-order valence-electron chi connectivity index (χ3n) is 3.09. The first-order chi connectivity index (χ1) is 9.65. The lowest BCUT2D eigenvalue weighted by molar-refractivity contribution is 1.37. The van der Waals surface area contributed by atoms with Gasteiger partial charge in [0, 0.05) is 26.2 Å². The lowest BCUT2D eigenvalue weighted by Crippen LogP contribution is -1.88. The van der Waals surface area contributed by atoms with Gasteiger partial charge in [0.15, 0.2) is 0 Å². The Bertz CT molecular complexity index is 765. The number of hydrogen-bond donors (Lipinski definition) is 1. The highest BCUT2D eigenvalue weighted by atomic mass is 79.9. The van der Waals surface area contributed by atoms with Crippen LogP contribution in [0.25, 0.3) is 21.8 Å². The van der Waals surface area contributed by atoms with Gasteiger partial charge < -0.3 is 5.73 Å². The molecule has 2 aromatic carbocycles. The molecular formula is C16H13BrN2S. The molecule has 0 atom stereocenters. The summed E-state index contributed by atoms with van der Waals surface area (Å²) < 4.78 is 1.06. The van der Waals surface area contributed by atoms with E-state index < -0.39 is 0 Å². The second-order valence-electron chi connectivity index (χ2n) is 4.52. The molecule has 3 aromatic rings. The lowest BCUT2D eigenvalue weighted by Gasteiger charge is -2.01. The maximum Gasteiger partial charge on any atom is 0.126 e. The van der Waals surface area contributed by atoms with Gasteiger partial charge in [-0.2, -0.15) is 0 Å². The maximum absolute atomic E-state index is 6.03. The van der Waals surface area contributed by atoms with Crippen LogP contribution in [0.4, 0.5) is 5.69 Å². The van der Waals surface area contributed by atoms with E-state index in [1.54, 1.807) is 11.3 Å². The van der Waals surface area contributed by atoms with Crippen molar-refractivity contribution in [2.45, 2.75) is 6.92 Å². The number of nitrogens with zero attached hydrogens (tertiary/aromatic N) is 1. The van der Waals surface area contributed by atoms with Crippen molar-refractivity contribution in [1.82, 2.24) is 4.98 Å². The quantitative estimate of drug-likeness (QED) is 0.654. The summed E-state index contributed by atoms with van der Waals surface area (Å²) >= 11 is 5.18. The fourth-order valence-electron chi connectivity index (χ4n) is 2.11. The van der Waals surface area contributed by atoms with Crippen LogP contribution in [0.15, 0.2) is 53.0 Å². The Balaban J connectivity index is 2.10. The summed E-state index contributed by atoms with van der Waals surface area (Å²) in [4.78, 5) is 5.97. The fraction of sp³-hybridized carbons (Fsp3) is 0.0625. The van der Waals surface area contributed by atoms with Gasteiger partial charge in [-0.15, -0.1) is 11.3 Å². The predicted octanol–water partition coefficient (Wildman–Crippen LogP) is 5.13. The number of benzene rings is 2. The standard InChI is InChI=1S/C16H13BrN2S/c1-10-15(11-5-4-6-12(17)9-11)19-16(20-10)13-7-2-3-8-14(13)18/h2-9H,18H2,1H3. The van der Waals surface area contributed by atoms with Gasteiger partial charge in [0.25, 0.3) is 0 Å². The summed E-state index contributed by atoms with van der Waals surface area (Å²) in [6, 6.07) is 16.0. The van der Waals surface area contributed by atoms with Crippen molar-refractivity contribution in [2.75, 3.05) is 5.73 Å². The molecule has 0 unspecified atom stereocenters. The number of anilines is 1. The minimum atomic E-state index is 0.766. The molecule has 0 saturated carbocycles. The van der Waals surface area contributed by atoms with Crippen LogP contribution in [0, 0.1) is 6.92 Å². The molecule has 0 aliphatic rings. The van der Waals surface area contributed by atoms with Crippen LogP contribution in [0.2, 0.25) is 0 Å². The SMILES string of the molecule is Cc1sc(-c2ccccc2N)nc1-c1cccc(Br)c1. The second kappa shape index (κ2) is 5.38. The zero-order valence-electron chi connectivity index (χ0n) is 10.9. The Morgan fingerprint density at radius 1 is 1.10 bits per heavy atom. The molecular weight excluding hydrogens is 332 g/mol. The third-order valence-corrected chi connectivity index (χ3v) is 4.58. The molecule has 0 radical (unpaired) electrons. The molecule has 2 nitrogen and oxygen atoms in total. The first-order valence-corrected chi connectivity index (χ1v) is 7.84. The highest BCUT2D eigenvalue weighted by molar-refractivity contribution is 9.10. The molecule has 2 N–H and O–H groups in total. The number of halogens is 1. The van der Waals surface area contributed by atoms with Crippen LogP contribution in [0.3, 0.4) is 0 Å². The van der Waals surface area contributed by atoms with Gasteiger partial charge in [-0.3, -0.25) is 0 Å². The summed E-state index contributed by atoms with van der Waals surface area (Å²) in [5.74, 6) is 0. The largest absolute Gasteiger partial charge is 0.398 e. The number of para-hydroxylation sites is 1. The van der Waals surface area contributed by atoms with Crippen LogP contribution >= 0.6 is 27.3 Å². The van der Waals surface area contributed by atoms with Gasteiger partial charge in [-0.05, 0) is 31.2 Å². The average molecular weight is 345 g/mol. The van der Waals surface area contributed by atoms with Gasteiger partial charge in [0.2, 0.25) is 0 Å². The van der Waals surface area contributed by atoms with E-state index >= 15 is 0 Å². The number of aromatic nitrogens is 1. The van der Waals surface area contributed by atoms with Gasteiger partial charge >= 0.3 is 0 Å². The predicted molar refractivity (Wildman–Crippen MR) is 89.8 cm³/mol. The van der Waals surface area contributed by atoms with Crippen molar-refractivity contribution in [3.8, 4) is 21.8 Å². The van der Waals surface area contributed by atoms with Gasteiger partial charge in [-0.25, -0.2) is 4.98 Å². The average Bonchev–Trinajstić information content (AvgIpc) is 2.81. The number of nitrogen functional groups attached to an aromatic ring is 1. The summed E-state index contributed by atoms with van der Waals surface area (Å²) in [6.07, 6.45) is 0. The van der Waals surface area contributed by atoms with Crippen LogP contribution in [0.1, 0.15) is 4.88 Å². The lowest BCUT2D eigenvalue weighted by atomic mass is 10.1. The van der Waals surface area contributed by atoms with Crippen molar-refractivity contribution in [2.24, 2.45) is 0 Å². The Labute approximate surface area is 130 Å². The van der Waals surface area contributed by atoms with Crippen LogP contribution < -0.4 is 5.73 Å². The normalized spacial score (nSPS) is 10.7. The van der Waals surface area contributed by atoms with E-state index in [0.29, 0.717) is 0 Å². The molecule has 1 aromatic heterocycles. The second-order valence-corrected chi connectivity index (χ2v) is 6.64. The highest BCUT2D eigenvalue weighted by Gasteiger charge is 2.13. The number of thiazole rings is 1. The van der Waals surface area contributed by atoms with E-state index in [1.807, 2.05) is 36.4 Å². The van der Waals surface area contributed by atoms with Gasteiger partial charge in [0.05, 0.1) is 5.69 Å². The van der Waals surface area contributed by atoms with Crippen molar-refractivity contribution < 1.29 is 0 Å². The van der Waals surface area contributed by atoms with E-state index in [1.165, 1.54) is 4.88 Å². The number of aryl methyl sites for hydroxylation is 1. The summed E-state index contributed by atoms with van der Waals surface area (Å²) in [5, 5.41) is 0.968. The van der Waals surface area contributed by atoms with Crippen molar-refractivity contribution in [3.63, 3.8) is 0 Å². The van der Waals surface area contributed by atoms with E-state index in [4.69, 9.17) is 10.7 Å². The molecule has 0 bridgehead atoms. The smallest absolute Gasteiger partial charge is 0.126 e. The molecule has 0 aliphatic carbocycles. The minimum absolute atomic E-state index is 0.766. The molecule has 0 fully saturated rings. The Hall–Kier alpha value is -1.65. The molecule has 4 heteroatoms. The topological polar surface area (TPSA) is 38.9 Å². The molecule has 100 valence electrons. The van der Waals surface area contributed by atoms with Crippen LogP contribution in [0.5, 0.6) is 0 Å². The summed E-state index contributed by atoms with van der Waals surface area (Å²) in [6.45, 7) is 2.09. The first-order valence-electron chi connectivity index (χ1n) is 6.23. The van der Waals surface area contributed by atoms with Crippen molar-refractivity contribution in [3.05, 3.63) is 57.9 Å². The number of rotatable bonds is 2. The summed E-state index contributed by atoms with van der Waals surface area (Å²) in [5.41, 5.74) is 9.94. The van der Waals surface area contributed by atoms with Crippen LogP contribution in [-0.4, -0.2) is 4.98 Å². The van der Waals surface area contributed by atoms with Crippen molar-refractivity contribution >= 4 is 33.0 Å². The fourth-order valence-corrected chi connectivity index (χ4v) is 3.49. The maximum atomic E-state index is 6.03. The zero-order valence-corrected chi connectivity index (χ0v) is 13.3. The molecule has 1 heterocycles. The molecule has 0 aliphatic heterocycles. The van der Waals surface area contributed by atoms with E-state index in [2.05, 4.69) is 35.0 Å². The highest BCUT2D eigenvalue weighted by Crippen LogP contribution is 2.36. The molecule has 20 heavy (non-hydrogen) atoms. The third kappa shape index (κ3) is 2.49. The van der Waals surface area contributed by atoms with E-state index in [-0.39, 0.29) is 0 Å². The number of nitrogens with two attached hydrogens (primary N) is 1. The van der Waals surface area contributed by atoms with Crippen molar-refractivity contribution in [1.29, 1.82) is 0 Å².